The smallest absolute Gasteiger partial charge is 0.136 e. The van der Waals surface area contributed by atoms with Gasteiger partial charge in [0.25, 0.3) is 0 Å². The van der Waals surface area contributed by atoms with Crippen molar-refractivity contribution in [3.63, 3.8) is 0 Å². The molecule has 8 aromatic rings. The van der Waals surface area contributed by atoms with Gasteiger partial charge in [0, 0.05) is 47.2 Å². The van der Waals surface area contributed by atoms with Gasteiger partial charge in [0.2, 0.25) is 0 Å². The van der Waals surface area contributed by atoms with E-state index in [1.165, 1.54) is 11.3 Å². The van der Waals surface area contributed by atoms with Crippen LogP contribution in [0.25, 0.3) is 69.6 Å². The quantitative estimate of drug-likeness (QED) is 0.210. The van der Waals surface area contributed by atoms with Gasteiger partial charge in [-0.25, -0.2) is 0 Å². The summed E-state index contributed by atoms with van der Waals surface area (Å²) >= 11 is 5.13. The average molecular weight is 522 g/mol. The predicted molar refractivity (Wildman–Crippen MR) is 149 cm³/mol. The van der Waals surface area contributed by atoms with E-state index in [4.69, 9.17) is 9.90 Å². The second kappa shape index (κ2) is 6.72. The van der Waals surface area contributed by atoms with Gasteiger partial charge in [-0.2, -0.15) is 0 Å². The molecule has 160 valence electrons. The summed E-state index contributed by atoms with van der Waals surface area (Å²) in [7, 11) is 0. The average Bonchev–Trinajstić information content (AvgIpc) is 3.60. The zero-order valence-electron chi connectivity index (χ0n) is 21.6. The fourth-order valence-corrected chi connectivity index (χ4v) is 6.88. The third-order valence-corrected chi connectivity index (χ3v) is 8.39. The van der Waals surface area contributed by atoms with Crippen molar-refractivity contribution in [2.24, 2.45) is 0 Å². The Morgan fingerprint density at radius 1 is 0.765 bits per heavy atom. The van der Waals surface area contributed by atoms with E-state index < -0.39 is 0 Å². The van der Waals surface area contributed by atoms with Crippen LogP contribution in [0.4, 0.5) is 0 Å². The van der Waals surface area contributed by atoms with E-state index in [1.54, 1.807) is 0 Å². The maximum absolute atomic E-state index is 8.62. The van der Waals surface area contributed by atoms with Crippen molar-refractivity contribution < 1.29 is 9.90 Å². The van der Waals surface area contributed by atoms with Crippen LogP contribution in [0.5, 0.6) is 0 Å². The van der Waals surface area contributed by atoms with Gasteiger partial charge in [0.05, 0.1) is 21.2 Å². The third kappa shape index (κ3) is 2.39. The van der Waals surface area contributed by atoms with Crippen LogP contribution >= 0.6 is 27.3 Å². The summed E-state index contributed by atoms with van der Waals surface area (Å²) in [5, 5.41) is 5.65. The number of thiophene rings is 1. The van der Waals surface area contributed by atoms with Crippen molar-refractivity contribution in [3.05, 3.63) is 101 Å². The second-order valence-corrected chi connectivity index (χ2v) is 10.3. The summed E-state index contributed by atoms with van der Waals surface area (Å²) in [6, 6.07) is 24.1. The second-order valence-electron chi connectivity index (χ2n) is 8.39. The number of fused-ring (bicyclic) bond motifs is 10. The summed E-state index contributed by atoms with van der Waals surface area (Å²) in [4.78, 5) is 0. The van der Waals surface area contributed by atoms with Gasteiger partial charge in [-0.05, 0) is 42.4 Å². The number of para-hydroxylation sites is 1. The van der Waals surface area contributed by atoms with E-state index in [0.717, 1.165) is 64.0 Å². The van der Waals surface area contributed by atoms with Crippen molar-refractivity contribution in [1.82, 2.24) is 4.57 Å². The number of aromatic nitrogens is 1. The molecule has 0 radical (unpaired) electrons. The largest absolute Gasteiger partial charge is 0.456 e. The van der Waals surface area contributed by atoms with Crippen LogP contribution in [-0.4, -0.2) is 4.57 Å². The maximum Gasteiger partial charge on any atom is 0.136 e. The Bertz CT molecular complexity index is 2310. The number of rotatable bonds is 1. The topological polar surface area (TPSA) is 18.1 Å². The van der Waals surface area contributed by atoms with Gasteiger partial charge < -0.3 is 8.98 Å². The van der Waals surface area contributed by atoms with E-state index in [0.29, 0.717) is 10.1 Å². The number of hydrogen-bond acceptors (Lipinski definition) is 2. The van der Waals surface area contributed by atoms with E-state index in [2.05, 4.69) is 50.8 Å². The Labute approximate surface area is 212 Å². The number of benzene rings is 5. The van der Waals surface area contributed by atoms with Crippen LogP contribution in [0.1, 0.15) is 5.48 Å². The highest BCUT2D eigenvalue weighted by Crippen LogP contribution is 2.43. The zero-order valence-corrected chi connectivity index (χ0v) is 20.0. The van der Waals surface area contributed by atoms with Gasteiger partial charge in [0.15, 0.2) is 0 Å². The lowest BCUT2D eigenvalue weighted by Gasteiger charge is -2.09. The number of hydrogen-bond donors (Lipinski definition) is 0. The standard InChI is InChI=1S/C30H16BrNOS/c31-23-8-5-10-26-28(23)22-16-17(12-15-25(22)33-26)32-24-9-3-1-6-18(24)20-13-14-21-19-7-2-4-11-27(19)34-30(21)29(20)32/h1-16H/i2D,4D,7D,11D. The van der Waals surface area contributed by atoms with Crippen molar-refractivity contribution in [2.75, 3.05) is 0 Å². The highest BCUT2D eigenvalue weighted by Gasteiger charge is 2.18. The molecule has 0 atom stereocenters. The molecular weight excluding hydrogens is 502 g/mol. The van der Waals surface area contributed by atoms with Crippen molar-refractivity contribution >= 4 is 91.2 Å². The van der Waals surface area contributed by atoms with Crippen molar-refractivity contribution in [1.29, 1.82) is 0 Å². The summed E-state index contributed by atoms with van der Waals surface area (Å²) in [5.74, 6) is 0. The molecule has 3 aromatic heterocycles. The van der Waals surface area contributed by atoms with E-state index in [1.807, 2.05) is 42.5 Å². The number of halogens is 1. The lowest BCUT2D eigenvalue weighted by atomic mass is 10.1. The molecule has 0 spiro atoms. The minimum Gasteiger partial charge on any atom is -0.456 e. The molecule has 34 heavy (non-hydrogen) atoms. The first kappa shape index (κ1) is 15.3. The normalized spacial score (nSPS) is 13.9. The molecule has 0 aliphatic carbocycles. The van der Waals surface area contributed by atoms with Gasteiger partial charge in [-0.3, -0.25) is 0 Å². The van der Waals surface area contributed by atoms with Gasteiger partial charge in [-0.1, -0.05) is 70.5 Å². The highest BCUT2D eigenvalue weighted by molar-refractivity contribution is 9.10. The molecule has 0 unspecified atom stereocenters. The fourth-order valence-electron chi connectivity index (χ4n) is 5.18. The van der Waals surface area contributed by atoms with Crippen LogP contribution in [0, 0.1) is 0 Å². The van der Waals surface area contributed by atoms with Crippen LogP contribution in [0.15, 0.2) is 106 Å². The zero-order chi connectivity index (χ0) is 25.9. The molecule has 2 nitrogen and oxygen atoms in total. The molecule has 3 heterocycles. The molecule has 0 bridgehead atoms. The first-order chi connectivity index (χ1) is 18.4. The monoisotopic (exact) mass is 521 g/mol. The molecule has 4 heteroatoms. The predicted octanol–water partition coefficient (Wildman–Crippen LogP) is 9.81. The lowest BCUT2D eigenvalue weighted by molar-refractivity contribution is 0.669. The molecule has 5 aromatic carbocycles. The van der Waals surface area contributed by atoms with E-state index in [9.17, 15) is 0 Å². The van der Waals surface area contributed by atoms with E-state index in [-0.39, 0.29) is 24.2 Å². The van der Waals surface area contributed by atoms with Crippen LogP contribution in [-0.2, 0) is 0 Å². The molecule has 0 saturated carbocycles. The summed E-state index contributed by atoms with van der Waals surface area (Å²) in [5.41, 5.74) is 4.66. The lowest BCUT2D eigenvalue weighted by Crippen LogP contribution is -1.93. The fraction of sp³-hybridized carbons (Fsp3) is 0. The molecule has 0 aliphatic rings. The molecule has 0 N–H and O–H groups in total. The SMILES string of the molecule is [2H]c1c([2H])c([2H])c2c(sc3c2ccc2c4ccccc4n(-c4ccc5oc6cccc(Br)c6c5c4)c23)c1[2H]. The Morgan fingerprint density at radius 2 is 1.65 bits per heavy atom. The maximum atomic E-state index is 8.62. The van der Waals surface area contributed by atoms with Crippen molar-refractivity contribution in [2.45, 2.75) is 0 Å². The number of furan rings is 1. The van der Waals surface area contributed by atoms with Gasteiger partial charge >= 0.3 is 0 Å². The van der Waals surface area contributed by atoms with Crippen molar-refractivity contribution in [3.8, 4) is 5.69 Å². The number of nitrogens with zero attached hydrogens (tertiary/aromatic N) is 1. The van der Waals surface area contributed by atoms with E-state index >= 15 is 0 Å². The molecule has 0 saturated heterocycles. The van der Waals surface area contributed by atoms with Crippen LogP contribution < -0.4 is 0 Å². The first-order valence-electron chi connectivity index (χ1n) is 12.9. The Balaban J connectivity index is 1.57. The first-order valence-corrected chi connectivity index (χ1v) is 12.5. The minimum absolute atomic E-state index is 0.00500. The molecular formula is C30H16BrNOS. The molecule has 0 amide bonds. The summed E-state index contributed by atoms with van der Waals surface area (Å²) in [6.45, 7) is 0. The van der Waals surface area contributed by atoms with Crippen LogP contribution in [0.2, 0.25) is 0 Å². The third-order valence-electron chi connectivity index (χ3n) is 6.60. The highest BCUT2D eigenvalue weighted by atomic mass is 79.9. The Morgan fingerprint density at radius 3 is 2.62 bits per heavy atom. The summed E-state index contributed by atoms with van der Waals surface area (Å²) < 4.78 is 44.5. The van der Waals surface area contributed by atoms with Crippen LogP contribution in [0.3, 0.4) is 0 Å². The van der Waals surface area contributed by atoms with Gasteiger partial charge in [0.1, 0.15) is 11.2 Å². The molecule has 8 rings (SSSR count). The Hall–Kier alpha value is -3.60. The Kier molecular flexibility index (Phi) is 3.03. The molecule has 0 fully saturated rings. The summed E-state index contributed by atoms with van der Waals surface area (Å²) in [6.07, 6.45) is 0. The minimum atomic E-state index is -0.203. The van der Waals surface area contributed by atoms with Gasteiger partial charge in [-0.15, -0.1) is 11.3 Å². The molecule has 0 aliphatic heterocycles.